The van der Waals surface area contributed by atoms with E-state index < -0.39 is 11.2 Å². The van der Waals surface area contributed by atoms with Crippen molar-refractivity contribution in [2.24, 2.45) is 0 Å². The van der Waals surface area contributed by atoms with Crippen molar-refractivity contribution >= 4 is 0 Å². The van der Waals surface area contributed by atoms with Gasteiger partial charge in [0, 0.05) is 12.3 Å². The minimum atomic E-state index is -0.679. The van der Waals surface area contributed by atoms with Crippen LogP contribution in [0.2, 0.25) is 0 Å². The van der Waals surface area contributed by atoms with Crippen LogP contribution < -0.4 is 16.0 Å². The zero-order chi connectivity index (χ0) is 15.5. The number of nitrogens with one attached hydrogen (secondary N) is 1. The van der Waals surface area contributed by atoms with Crippen LogP contribution in [0.25, 0.3) is 5.69 Å². The molecule has 0 saturated heterocycles. The van der Waals surface area contributed by atoms with Gasteiger partial charge >= 0.3 is 5.69 Å². The van der Waals surface area contributed by atoms with E-state index in [1.165, 1.54) is 23.6 Å². The van der Waals surface area contributed by atoms with Crippen LogP contribution in [-0.4, -0.2) is 15.7 Å². The molecule has 1 N–H and O–H groups in total. The molecule has 22 heavy (non-hydrogen) atoms. The maximum absolute atomic E-state index is 11.9. The van der Waals surface area contributed by atoms with E-state index in [4.69, 9.17) is 10.00 Å². The largest absolute Gasteiger partial charge is 0.490 e. The Balaban J connectivity index is 1.97. The normalized spacial score (nSPS) is 14.7. The summed E-state index contributed by atoms with van der Waals surface area (Å²) in [6.45, 7) is 0. The Morgan fingerprint density at radius 2 is 2.05 bits per heavy atom. The maximum Gasteiger partial charge on any atom is 0.332 e. The molecule has 6 heteroatoms. The molecule has 3 rings (SSSR count). The summed E-state index contributed by atoms with van der Waals surface area (Å²) in [4.78, 5) is 25.5. The SMILES string of the molecule is N#Cc1cn(-c2cccc(OC3CCCC3)c2)c(=O)[nH]c1=O. The van der Waals surface area contributed by atoms with Crippen LogP contribution in [0.1, 0.15) is 31.2 Å². The molecular weight excluding hydrogens is 282 g/mol. The molecule has 0 amide bonds. The van der Waals surface area contributed by atoms with E-state index in [-0.39, 0.29) is 11.7 Å². The van der Waals surface area contributed by atoms with E-state index in [0.29, 0.717) is 11.4 Å². The van der Waals surface area contributed by atoms with Gasteiger partial charge in [0.15, 0.2) is 0 Å². The fourth-order valence-corrected chi connectivity index (χ4v) is 2.65. The van der Waals surface area contributed by atoms with Gasteiger partial charge in [0.05, 0.1) is 11.8 Å². The first-order valence-corrected chi connectivity index (χ1v) is 7.20. The number of aromatic nitrogens is 2. The van der Waals surface area contributed by atoms with Gasteiger partial charge in [-0.25, -0.2) is 4.79 Å². The van der Waals surface area contributed by atoms with Gasteiger partial charge in [-0.05, 0) is 37.8 Å². The smallest absolute Gasteiger partial charge is 0.332 e. The molecule has 1 aliphatic carbocycles. The van der Waals surface area contributed by atoms with Crippen molar-refractivity contribution in [3.05, 3.63) is 56.9 Å². The lowest BCUT2D eigenvalue weighted by Crippen LogP contribution is -2.30. The highest BCUT2D eigenvalue weighted by Gasteiger charge is 2.16. The maximum atomic E-state index is 11.9. The highest BCUT2D eigenvalue weighted by atomic mass is 16.5. The second kappa shape index (κ2) is 5.90. The van der Waals surface area contributed by atoms with Crippen molar-refractivity contribution in [3.63, 3.8) is 0 Å². The van der Waals surface area contributed by atoms with Gasteiger partial charge in [0.2, 0.25) is 0 Å². The third-order valence-electron chi connectivity index (χ3n) is 3.76. The first-order chi connectivity index (χ1) is 10.7. The van der Waals surface area contributed by atoms with Crippen molar-refractivity contribution in [1.29, 1.82) is 5.26 Å². The molecule has 0 radical (unpaired) electrons. The van der Waals surface area contributed by atoms with Crippen LogP contribution in [0.3, 0.4) is 0 Å². The average molecular weight is 297 g/mol. The monoisotopic (exact) mass is 297 g/mol. The molecular formula is C16H15N3O3. The minimum Gasteiger partial charge on any atom is -0.490 e. The fraction of sp³-hybridized carbons (Fsp3) is 0.312. The molecule has 0 spiro atoms. The lowest BCUT2D eigenvalue weighted by molar-refractivity contribution is 0.210. The van der Waals surface area contributed by atoms with Crippen LogP contribution in [0, 0.1) is 11.3 Å². The fourth-order valence-electron chi connectivity index (χ4n) is 2.65. The Morgan fingerprint density at radius 1 is 1.27 bits per heavy atom. The van der Waals surface area contributed by atoms with Gasteiger partial charge < -0.3 is 4.74 Å². The molecule has 0 bridgehead atoms. The number of nitriles is 1. The van der Waals surface area contributed by atoms with Gasteiger partial charge in [-0.2, -0.15) is 5.26 Å². The summed E-state index contributed by atoms with van der Waals surface area (Å²) in [5, 5.41) is 8.91. The number of H-pyrrole nitrogens is 1. The van der Waals surface area contributed by atoms with E-state index in [0.717, 1.165) is 12.8 Å². The molecule has 1 saturated carbocycles. The first-order valence-electron chi connectivity index (χ1n) is 7.20. The molecule has 0 atom stereocenters. The van der Waals surface area contributed by atoms with Gasteiger partial charge in [0.1, 0.15) is 17.4 Å². The molecule has 1 fully saturated rings. The summed E-state index contributed by atoms with van der Waals surface area (Å²) >= 11 is 0. The van der Waals surface area contributed by atoms with E-state index in [1.54, 1.807) is 24.3 Å². The molecule has 1 aliphatic rings. The predicted molar refractivity (Wildman–Crippen MR) is 80.3 cm³/mol. The van der Waals surface area contributed by atoms with E-state index in [2.05, 4.69) is 4.98 Å². The molecule has 0 aliphatic heterocycles. The summed E-state index contributed by atoms with van der Waals surface area (Å²) in [6, 6.07) is 8.85. The number of rotatable bonds is 3. The summed E-state index contributed by atoms with van der Waals surface area (Å²) in [7, 11) is 0. The van der Waals surface area contributed by atoms with Crippen molar-refractivity contribution in [2.75, 3.05) is 0 Å². The average Bonchev–Trinajstić information content (AvgIpc) is 3.00. The predicted octanol–water partition coefficient (Wildman–Crippen LogP) is 1.72. The van der Waals surface area contributed by atoms with Gasteiger partial charge in [-0.15, -0.1) is 0 Å². The number of aromatic amines is 1. The summed E-state index contributed by atoms with van der Waals surface area (Å²) in [5.41, 5.74) is -0.820. The number of nitrogens with zero attached hydrogens (tertiary/aromatic N) is 2. The lowest BCUT2D eigenvalue weighted by Gasteiger charge is -2.14. The number of ether oxygens (including phenoxy) is 1. The Hall–Kier alpha value is -2.81. The van der Waals surface area contributed by atoms with E-state index in [9.17, 15) is 9.59 Å². The number of hydrogen-bond acceptors (Lipinski definition) is 4. The van der Waals surface area contributed by atoms with Crippen LogP contribution in [-0.2, 0) is 0 Å². The van der Waals surface area contributed by atoms with E-state index in [1.807, 2.05) is 6.07 Å². The third kappa shape index (κ3) is 2.79. The van der Waals surface area contributed by atoms with Crippen LogP contribution in [0.4, 0.5) is 0 Å². The Labute approximate surface area is 126 Å². The number of hydrogen-bond donors (Lipinski definition) is 1. The van der Waals surface area contributed by atoms with Gasteiger partial charge in [-0.3, -0.25) is 14.3 Å². The standard InChI is InChI=1S/C16H15N3O3/c17-9-11-10-19(16(21)18-15(11)20)12-4-3-7-14(8-12)22-13-5-1-2-6-13/h3-4,7-8,10,13H,1-2,5-6H2,(H,18,20,21). The Bertz CT molecular complexity index is 839. The topological polar surface area (TPSA) is 87.9 Å². The Kier molecular flexibility index (Phi) is 3.79. The van der Waals surface area contributed by atoms with Gasteiger partial charge in [0.25, 0.3) is 5.56 Å². The Morgan fingerprint density at radius 3 is 2.77 bits per heavy atom. The minimum absolute atomic E-state index is 0.110. The molecule has 2 aromatic rings. The molecule has 1 aromatic carbocycles. The van der Waals surface area contributed by atoms with Crippen LogP contribution in [0.5, 0.6) is 5.75 Å². The third-order valence-corrected chi connectivity index (χ3v) is 3.76. The molecule has 0 unspecified atom stereocenters. The van der Waals surface area contributed by atoms with Crippen LogP contribution in [0.15, 0.2) is 40.1 Å². The van der Waals surface area contributed by atoms with Crippen molar-refractivity contribution < 1.29 is 4.74 Å². The van der Waals surface area contributed by atoms with Crippen molar-refractivity contribution in [3.8, 4) is 17.5 Å². The highest BCUT2D eigenvalue weighted by Crippen LogP contribution is 2.25. The van der Waals surface area contributed by atoms with Crippen LogP contribution >= 0.6 is 0 Å². The zero-order valence-corrected chi connectivity index (χ0v) is 11.9. The van der Waals surface area contributed by atoms with Crippen molar-refractivity contribution in [2.45, 2.75) is 31.8 Å². The highest BCUT2D eigenvalue weighted by molar-refractivity contribution is 5.40. The quantitative estimate of drug-likeness (QED) is 0.934. The summed E-state index contributed by atoms with van der Waals surface area (Å²) < 4.78 is 7.14. The summed E-state index contributed by atoms with van der Waals surface area (Å²) in [5.74, 6) is 0.681. The van der Waals surface area contributed by atoms with Gasteiger partial charge in [-0.1, -0.05) is 6.07 Å². The zero-order valence-electron chi connectivity index (χ0n) is 11.9. The molecule has 1 aromatic heterocycles. The number of benzene rings is 1. The molecule has 112 valence electrons. The van der Waals surface area contributed by atoms with Crippen molar-refractivity contribution in [1.82, 2.24) is 9.55 Å². The lowest BCUT2D eigenvalue weighted by atomic mass is 10.2. The first kappa shape index (κ1) is 14.1. The second-order valence-electron chi connectivity index (χ2n) is 5.31. The molecule has 6 nitrogen and oxygen atoms in total. The molecule has 1 heterocycles. The summed E-state index contributed by atoms with van der Waals surface area (Å²) in [6.07, 6.45) is 5.90. The van der Waals surface area contributed by atoms with E-state index >= 15 is 0 Å². The second-order valence-corrected chi connectivity index (χ2v) is 5.31.